The van der Waals surface area contributed by atoms with Crippen LogP contribution in [0, 0.1) is 11.7 Å². The predicted molar refractivity (Wildman–Crippen MR) is 85.0 cm³/mol. The molecule has 22 heavy (non-hydrogen) atoms. The highest BCUT2D eigenvalue weighted by Gasteiger charge is 2.56. The van der Waals surface area contributed by atoms with Gasteiger partial charge in [0.15, 0.2) is 0 Å². The number of nitrogens with zero attached hydrogens (tertiary/aromatic N) is 1. The van der Waals surface area contributed by atoms with Crippen LogP contribution in [0.15, 0.2) is 34.9 Å². The average Bonchev–Trinajstić information content (AvgIpc) is 3.18. The van der Waals surface area contributed by atoms with Gasteiger partial charge < -0.3 is 5.73 Å². The van der Waals surface area contributed by atoms with Crippen molar-refractivity contribution < 1.29 is 9.18 Å². The molecule has 3 N–H and O–H groups in total. The van der Waals surface area contributed by atoms with E-state index < -0.39 is 22.5 Å². The van der Waals surface area contributed by atoms with Crippen molar-refractivity contribution in [2.45, 2.75) is 23.6 Å². The molecular formula is C15H14BrClFN3O. The zero-order chi connectivity index (χ0) is 15.9. The molecule has 4 nitrogen and oxygen atoms in total. The normalized spacial score (nSPS) is 18.7. The number of aromatic nitrogens is 2. The second kappa shape index (κ2) is 5.66. The first-order valence-electron chi connectivity index (χ1n) is 6.86. The van der Waals surface area contributed by atoms with E-state index in [9.17, 15) is 9.18 Å². The van der Waals surface area contributed by atoms with Gasteiger partial charge in [0, 0.05) is 21.9 Å². The van der Waals surface area contributed by atoms with E-state index in [2.05, 4.69) is 26.1 Å². The molecular weight excluding hydrogens is 373 g/mol. The molecule has 1 aromatic carbocycles. The van der Waals surface area contributed by atoms with Crippen molar-refractivity contribution in [3.63, 3.8) is 0 Å². The molecule has 1 aliphatic carbocycles. The third-order valence-corrected chi connectivity index (χ3v) is 5.24. The summed E-state index contributed by atoms with van der Waals surface area (Å²) in [6, 6.07) is 6.35. The molecule has 1 saturated carbocycles. The maximum absolute atomic E-state index is 14.6. The molecule has 3 rings (SSSR count). The number of nitrogens with two attached hydrogens (primary N) is 1. The zero-order valence-electron chi connectivity index (χ0n) is 11.5. The van der Waals surface area contributed by atoms with Crippen molar-refractivity contribution in [3.05, 3.63) is 52.0 Å². The largest absolute Gasteiger partial charge is 0.368 e. The quantitative estimate of drug-likeness (QED) is 0.775. The minimum absolute atomic E-state index is 0.0340. The van der Waals surface area contributed by atoms with Gasteiger partial charge >= 0.3 is 0 Å². The van der Waals surface area contributed by atoms with E-state index in [0.717, 1.165) is 12.8 Å². The topological polar surface area (TPSA) is 71.8 Å². The molecule has 2 atom stereocenters. The molecule has 1 unspecified atom stereocenters. The van der Waals surface area contributed by atoms with Crippen LogP contribution in [0.2, 0.25) is 0 Å². The fourth-order valence-electron chi connectivity index (χ4n) is 3.13. The fourth-order valence-corrected chi connectivity index (χ4v) is 3.90. The van der Waals surface area contributed by atoms with E-state index in [1.54, 1.807) is 24.4 Å². The van der Waals surface area contributed by atoms with Crippen LogP contribution in [0.1, 0.15) is 24.1 Å². The van der Waals surface area contributed by atoms with Crippen molar-refractivity contribution in [3.8, 4) is 0 Å². The molecule has 0 spiro atoms. The number of carbonyl (C=O) groups is 1. The summed E-state index contributed by atoms with van der Waals surface area (Å²) in [4.78, 5) is 11.9. The number of rotatable bonds is 5. The van der Waals surface area contributed by atoms with Crippen molar-refractivity contribution in [2.24, 2.45) is 11.7 Å². The summed E-state index contributed by atoms with van der Waals surface area (Å²) in [5.41, 5.74) is 5.39. The Morgan fingerprint density at radius 3 is 2.77 bits per heavy atom. The molecule has 0 radical (unpaired) electrons. The van der Waals surface area contributed by atoms with Crippen LogP contribution in [0.5, 0.6) is 0 Å². The highest BCUT2D eigenvalue weighted by Crippen LogP contribution is 2.55. The summed E-state index contributed by atoms with van der Waals surface area (Å²) in [5, 5.41) is 5.72. The number of hydrogen-bond donors (Lipinski definition) is 2. The predicted octanol–water partition coefficient (Wildman–Crippen LogP) is 3.10. The third-order valence-electron chi connectivity index (χ3n) is 4.19. The van der Waals surface area contributed by atoms with Gasteiger partial charge in [-0.25, -0.2) is 4.39 Å². The van der Waals surface area contributed by atoms with E-state index in [0.29, 0.717) is 15.7 Å². The number of amides is 1. The van der Waals surface area contributed by atoms with Crippen LogP contribution >= 0.6 is 27.5 Å². The lowest BCUT2D eigenvalue weighted by molar-refractivity contribution is -0.118. The highest BCUT2D eigenvalue weighted by atomic mass is 79.9. The molecule has 1 aromatic heterocycles. The summed E-state index contributed by atoms with van der Waals surface area (Å²) in [6.07, 6.45) is 3.26. The van der Waals surface area contributed by atoms with Gasteiger partial charge in [0.05, 0.1) is 5.41 Å². The first-order chi connectivity index (χ1) is 10.5. The molecule has 1 heterocycles. The highest BCUT2D eigenvalue weighted by molar-refractivity contribution is 9.10. The average molecular weight is 387 g/mol. The number of aromatic amines is 1. The lowest BCUT2D eigenvalue weighted by Gasteiger charge is -2.36. The van der Waals surface area contributed by atoms with E-state index >= 15 is 0 Å². The summed E-state index contributed by atoms with van der Waals surface area (Å²) in [5.74, 6) is -1.06. The Morgan fingerprint density at radius 1 is 1.50 bits per heavy atom. The minimum atomic E-state index is -1.08. The maximum Gasteiger partial charge on any atom is 0.236 e. The second-order valence-electron chi connectivity index (χ2n) is 5.50. The molecule has 1 aliphatic rings. The second-order valence-corrected chi connectivity index (χ2v) is 6.85. The Balaban J connectivity index is 2.30. The molecule has 0 bridgehead atoms. The lowest BCUT2D eigenvalue weighted by atomic mass is 9.70. The van der Waals surface area contributed by atoms with Crippen LogP contribution < -0.4 is 5.73 Å². The Labute approximate surface area is 140 Å². The van der Waals surface area contributed by atoms with Gasteiger partial charge in [-0.1, -0.05) is 15.9 Å². The van der Waals surface area contributed by atoms with Gasteiger partial charge in [-0.05, 0) is 43.0 Å². The Morgan fingerprint density at radius 2 is 2.23 bits per heavy atom. The Hall–Kier alpha value is -1.40. The fraction of sp³-hybridized carbons (Fsp3) is 0.333. The van der Waals surface area contributed by atoms with Crippen molar-refractivity contribution in [2.75, 3.05) is 0 Å². The lowest BCUT2D eigenvalue weighted by Crippen LogP contribution is -2.47. The zero-order valence-corrected chi connectivity index (χ0v) is 13.9. The standard InChI is InChI=1S/C15H14BrClFN3O/c16-9-3-4-11(18)10(7-9)15(8-1-2-8,13(17)14(19)22)12-5-6-20-21-12/h3-8,13H,1-2H2,(H2,19,22)(H,20,21)/t13?,15-/m1/s1. The smallest absolute Gasteiger partial charge is 0.236 e. The molecule has 0 saturated heterocycles. The Kier molecular flexibility index (Phi) is 3.99. The van der Waals surface area contributed by atoms with Crippen LogP contribution in [0.3, 0.4) is 0 Å². The number of H-pyrrole nitrogens is 1. The summed E-state index contributed by atoms with van der Waals surface area (Å²) in [7, 11) is 0. The first-order valence-corrected chi connectivity index (χ1v) is 8.09. The molecule has 1 fully saturated rings. The number of primary amides is 1. The van der Waals surface area contributed by atoms with Crippen molar-refractivity contribution in [1.82, 2.24) is 10.2 Å². The molecule has 116 valence electrons. The van der Waals surface area contributed by atoms with Crippen molar-refractivity contribution in [1.29, 1.82) is 0 Å². The summed E-state index contributed by atoms with van der Waals surface area (Å²) >= 11 is 9.78. The number of carbonyl (C=O) groups excluding carboxylic acids is 1. The van der Waals surface area contributed by atoms with Crippen LogP contribution in [-0.2, 0) is 10.2 Å². The number of hydrogen-bond acceptors (Lipinski definition) is 2. The molecule has 2 aromatic rings. The molecule has 0 aliphatic heterocycles. The van der Waals surface area contributed by atoms with Crippen LogP contribution in [0.4, 0.5) is 4.39 Å². The first kappa shape index (κ1) is 15.5. The summed E-state index contributed by atoms with van der Waals surface area (Å²) < 4.78 is 15.3. The van der Waals surface area contributed by atoms with Crippen molar-refractivity contribution >= 4 is 33.4 Å². The van der Waals surface area contributed by atoms with Gasteiger partial charge in [0.25, 0.3) is 0 Å². The van der Waals surface area contributed by atoms with E-state index in [4.69, 9.17) is 17.3 Å². The van der Waals surface area contributed by atoms with E-state index in [1.165, 1.54) is 6.07 Å². The molecule has 1 amide bonds. The van der Waals surface area contributed by atoms with E-state index in [-0.39, 0.29) is 5.92 Å². The monoisotopic (exact) mass is 385 g/mol. The van der Waals surface area contributed by atoms with Gasteiger partial charge in [-0.2, -0.15) is 5.10 Å². The third kappa shape index (κ3) is 2.34. The minimum Gasteiger partial charge on any atom is -0.368 e. The Bertz CT molecular complexity index is 705. The van der Waals surface area contributed by atoms with Gasteiger partial charge in [0.2, 0.25) is 5.91 Å². The van der Waals surface area contributed by atoms with Crippen LogP contribution in [0.25, 0.3) is 0 Å². The van der Waals surface area contributed by atoms with Gasteiger partial charge in [-0.3, -0.25) is 9.89 Å². The van der Waals surface area contributed by atoms with Gasteiger partial charge in [-0.15, -0.1) is 11.6 Å². The number of nitrogens with one attached hydrogen (secondary N) is 1. The number of halogens is 3. The summed E-state index contributed by atoms with van der Waals surface area (Å²) in [6.45, 7) is 0. The number of benzene rings is 1. The molecule has 7 heteroatoms. The van der Waals surface area contributed by atoms with Crippen LogP contribution in [-0.4, -0.2) is 21.5 Å². The SMILES string of the molecule is NC(=O)C(Cl)[C@@](c1ccn[nH]1)(c1cc(Br)ccc1F)C1CC1. The van der Waals surface area contributed by atoms with Gasteiger partial charge in [0.1, 0.15) is 11.2 Å². The van der Waals surface area contributed by atoms with E-state index in [1.807, 2.05) is 0 Å². The maximum atomic E-state index is 14.6. The number of alkyl halides is 1.